The van der Waals surface area contributed by atoms with E-state index >= 15 is 0 Å². The predicted molar refractivity (Wildman–Crippen MR) is 145 cm³/mol. The number of hydrogen-bond donors (Lipinski definition) is 7. The second-order valence-electron chi connectivity index (χ2n) is 10.5. The number of carbonyl (C=O) groups is 4. The molecule has 1 aromatic rings. The SMILES string of the molecule is CCC(=O)OCc1ccc(NC(=O)[C@H](C)NC(=O)[C@@H](NC(C)C)C(C)C)c(O[C@@H]2O[C@H](C(=O)O)[C@@H](O)[C@H](O)[C@H]2O)c1. The average Bonchev–Trinajstić information content (AvgIpc) is 2.90. The number of anilines is 1. The van der Waals surface area contributed by atoms with Gasteiger partial charge in [0.05, 0.1) is 11.7 Å². The summed E-state index contributed by atoms with van der Waals surface area (Å²) in [6.07, 6.45) is -9.22. The van der Waals surface area contributed by atoms with Crippen LogP contribution in [0.4, 0.5) is 5.69 Å². The Balaban J connectivity index is 2.29. The Morgan fingerprint density at radius 1 is 0.976 bits per heavy atom. The summed E-state index contributed by atoms with van der Waals surface area (Å²) in [6.45, 7) is 10.5. The van der Waals surface area contributed by atoms with Gasteiger partial charge >= 0.3 is 11.9 Å². The molecule has 7 N–H and O–H groups in total. The number of rotatable bonds is 13. The van der Waals surface area contributed by atoms with E-state index in [0.29, 0.717) is 5.56 Å². The quantitative estimate of drug-likeness (QED) is 0.151. The minimum atomic E-state index is -1.93. The molecule has 14 nitrogen and oxygen atoms in total. The molecule has 230 valence electrons. The summed E-state index contributed by atoms with van der Waals surface area (Å²) in [7, 11) is 0. The number of aliphatic carboxylic acids is 1. The molecule has 0 aromatic heterocycles. The first-order chi connectivity index (χ1) is 19.2. The first-order valence-corrected chi connectivity index (χ1v) is 13.4. The molecule has 0 aliphatic carbocycles. The minimum absolute atomic E-state index is 0.0322. The predicted octanol–water partition coefficient (Wildman–Crippen LogP) is -0.123. The molecule has 41 heavy (non-hydrogen) atoms. The number of amides is 2. The van der Waals surface area contributed by atoms with Crippen molar-refractivity contribution < 1.29 is 53.8 Å². The van der Waals surface area contributed by atoms with E-state index in [2.05, 4.69) is 16.0 Å². The monoisotopic (exact) mass is 583 g/mol. The van der Waals surface area contributed by atoms with Crippen molar-refractivity contribution in [2.24, 2.45) is 5.92 Å². The van der Waals surface area contributed by atoms with Gasteiger partial charge in [0.2, 0.25) is 18.1 Å². The topological polar surface area (TPSA) is 213 Å². The van der Waals surface area contributed by atoms with Crippen LogP contribution in [0, 0.1) is 5.92 Å². The van der Waals surface area contributed by atoms with E-state index in [-0.39, 0.29) is 42.3 Å². The third-order valence-corrected chi connectivity index (χ3v) is 6.26. The van der Waals surface area contributed by atoms with Crippen molar-refractivity contribution in [3.8, 4) is 5.75 Å². The average molecular weight is 584 g/mol. The maximum Gasteiger partial charge on any atom is 0.335 e. The van der Waals surface area contributed by atoms with Gasteiger partial charge in [-0.25, -0.2) is 4.79 Å². The van der Waals surface area contributed by atoms with Gasteiger partial charge in [0.25, 0.3) is 0 Å². The normalized spacial score (nSPS) is 23.9. The van der Waals surface area contributed by atoms with Crippen LogP contribution in [0.25, 0.3) is 0 Å². The van der Waals surface area contributed by atoms with Crippen molar-refractivity contribution in [3.05, 3.63) is 23.8 Å². The third kappa shape index (κ3) is 9.36. The number of benzene rings is 1. The Hall–Kier alpha value is -3.30. The van der Waals surface area contributed by atoms with Crippen molar-refractivity contribution in [2.45, 2.75) is 103 Å². The Bertz CT molecular complexity index is 1080. The molecule has 1 aromatic carbocycles. The fourth-order valence-electron chi connectivity index (χ4n) is 3.94. The van der Waals surface area contributed by atoms with Gasteiger partial charge in [-0.05, 0) is 30.5 Å². The highest BCUT2D eigenvalue weighted by molar-refractivity contribution is 5.98. The number of carboxylic acids is 1. The van der Waals surface area contributed by atoms with Crippen LogP contribution in [-0.2, 0) is 35.3 Å². The van der Waals surface area contributed by atoms with Crippen LogP contribution in [0.15, 0.2) is 18.2 Å². The molecule has 1 heterocycles. The molecule has 0 unspecified atom stereocenters. The van der Waals surface area contributed by atoms with E-state index in [1.54, 1.807) is 6.92 Å². The van der Waals surface area contributed by atoms with Gasteiger partial charge in [0.15, 0.2) is 6.10 Å². The summed E-state index contributed by atoms with van der Waals surface area (Å²) >= 11 is 0. The van der Waals surface area contributed by atoms with Crippen LogP contribution in [0.5, 0.6) is 5.75 Å². The minimum Gasteiger partial charge on any atom is -0.479 e. The van der Waals surface area contributed by atoms with E-state index in [4.69, 9.17) is 14.2 Å². The van der Waals surface area contributed by atoms with Crippen LogP contribution in [0.1, 0.15) is 53.5 Å². The van der Waals surface area contributed by atoms with Crippen molar-refractivity contribution in [1.29, 1.82) is 0 Å². The third-order valence-electron chi connectivity index (χ3n) is 6.26. The zero-order valence-corrected chi connectivity index (χ0v) is 24.0. The highest BCUT2D eigenvalue weighted by atomic mass is 16.7. The van der Waals surface area contributed by atoms with E-state index in [1.807, 2.05) is 27.7 Å². The summed E-state index contributed by atoms with van der Waals surface area (Å²) in [5, 5.41) is 48.3. The van der Waals surface area contributed by atoms with Gasteiger partial charge < -0.3 is 50.6 Å². The highest BCUT2D eigenvalue weighted by Gasteiger charge is 2.48. The maximum atomic E-state index is 13.0. The van der Waals surface area contributed by atoms with Crippen LogP contribution >= 0.6 is 0 Å². The van der Waals surface area contributed by atoms with Gasteiger partial charge in [-0.3, -0.25) is 14.4 Å². The molecule has 14 heteroatoms. The molecule has 1 saturated heterocycles. The largest absolute Gasteiger partial charge is 0.479 e. The summed E-state index contributed by atoms with van der Waals surface area (Å²) in [4.78, 5) is 49.0. The second kappa shape index (κ2) is 15.1. The summed E-state index contributed by atoms with van der Waals surface area (Å²) in [5.41, 5.74) is 0.465. The number of carboxylic acid groups (broad SMARTS) is 1. The van der Waals surface area contributed by atoms with Crippen LogP contribution in [-0.4, -0.2) is 93.0 Å². The van der Waals surface area contributed by atoms with E-state index in [1.165, 1.54) is 25.1 Å². The number of hydrogen-bond acceptors (Lipinski definition) is 11. The van der Waals surface area contributed by atoms with Crippen LogP contribution < -0.4 is 20.7 Å². The first kappa shape index (κ1) is 33.9. The molecule has 0 spiro atoms. The lowest BCUT2D eigenvalue weighted by Gasteiger charge is -2.38. The molecule has 7 atom stereocenters. The van der Waals surface area contributed by atoms with E-state index in [0.717, 1.165) is 0 Å². The molecule has 2 rings (SSSR count). The zero-order chi connectivity index (χ0) is 31.0. The molecule has 0 saturated carbocycles. The van der Waals surface area contributed by atoms with E-state index in [9.17, 15) is 39.6 Å². The first-order valence-electron chi connectivity index (χ1n) is 13.4. The van der Waals surface area contributed by atoms with E-state index < -0.39 is 60.6 Å². The van der Waals surface area contributed by atoms with Gasteiger partial charge in [0, 0.05) is 12.5 Å². The van der Waals surface area contributed by atoms with Gasteiger partial charge in [-0.2, -0.15) is 0 Å². The number of aliphatic hydroxyl groups is 3. The highest BCUT2D eigenvalue weighted by Crippen LogP contribution is 2.31. The zero-order valence-electron chi connectivity index (χ0n) is 24.0. The van der Waals surface area contributed by atoms with Crippen molar-refractivity contribution in [2.75, 3.05) is 5.32 Å². The molecule has 2 amide bonds. The molecular weight excluding hydrogens is 542 g/mol. The fourth-order valence-corrected chi connectivity index (χ4v) is 3.94. The fraction of sp³-hybridized carbons (Fsp3) is 0.630. The molecule has 1 aliphatic heterocycles. The molecule has 0 radical (unpaired) electrons. The molecular formula is C27H41N3O11. The number of aliphatic hydroxyl groups excluding tert-OH is 3. The molecule has 0 bridgehead atoms. The van der Waals surface area contributed by atoms with Crippen molar-refractivity contribution >= 4 is 29.4 Å². The van der Waals surface area contributed by atoms with Gasteiger partial charge in [0.1, 0.15) is 36.7 Å². The summed E-state index contributed by atoms with van der Waals surface area (Å²) < 4.78 is 16.0. The standard InChI is InChI=1S/C27H41N3O11/c1-7-18(31)39-11-15-8-9-16(30-24(35)14(6)29-25(36)19(12(2)3)28-13(4)5)17(10-15)40-27-22(34)20(32)21(33)23(41-27)26(37)38/h8-10,12-14,19-23,27-28,32-34H,7,11H2,1-6H3,(H,29,36)(H,30,35)(H,37,38)/t14-,19-,20-,21-,22+,23-,27+/m0/s1. The van der Waals surface area contributed by atoms with Crippen molar-refractivity contribution in [1.82, 2.24) is 10.6 Å². The summed E-state index contributed by atoms with van der Waals surface area (Å²) in [6, 6.07) is 2.83. The molecule has 1 fully saturated rings. The lowest BCUT2D eigenvalue weighted by molar-refractivity contribution is -0.271. The number of esters is 1. The van der Waals surface area contributed by atoms with Crippen LogP contribution in [0.2, 0.25) is 0 Å². The Morgan fingerprint density at radius 3 is 2.20 bits per heavy atom. The number of ether oxygens (including phenoxy) is 3. The molecule has 1 aliphatic rings. The van der Waals surface area contributed by atoms with Gasteiger partial charge in [-0.15, -0.1) is 0 Å². The Labute approximate surface area is 238 Å². The van der Waals surface area contributed by atoms with Crippen molar-refractivity contribution in [3.63, 3.8) is 0 Å². The summed E-state index contributed by atoms with van der Waals surface area (Å²) in [5.74, 6) is -3.22. The Morgan fingerprint density at radius 2 is 1.63 bits per heavy atom. The van der Waals surface area contributed by atoms with Crippen LogP contribution in [0.3, 0.4) is 0 Å². The lowest BCUT2D eigenvalue weighted by atomic mass is 9.99. The number of nitrogens with one attached hydrogen (secondary N) is 3. The maximum absolute atomic E-state index is 13.0. The second-order valence-corrected chi connectivity index (χ2v) is 10.5. The Kier molecular flexibility index (Phi) is 12.5. The number of carbonyl (C=O) groups excluding carboxylic acids is 3. The smallest absolute Gasteiger partial charge is 0.335 e. The van der Waals surface area contributed by atoms with Gasteiger partial charge in [-0.1, -0.05) is 40.7 Å². The lowest BCUT2D eigenvalue weighted by Crippen LogP contribution is -2.61.